The molecule has 4 amide bonds. The first kappa shape index (κ1) is 49.3. The van der Waals surface area contributed by atoms with Crippen molar-refractivity contribution in [3.63, 3.8) is 0 Å². The van der Waals surface area contributed by atoms with Crippen molar-refractivity contribution in [3.05, 3.63) is 166 Å². The van der Waals surface area contributed by atoms with E-state index in [1.54, 1.807) is 49.1 Å². The largest absolute Gasteiger partial charge is 0.508 e. The van der Waals surface area contributed by atoms with Gasteiger partial charge in [0, 0.05) is 38.3 Å². The van der Waals surface area contributed by atoms with Crippen molar-refractivity contribution < 1.29 is 48.0 Å². The maximum absolute atomic E-state index is 16.8. The molecule has 0 radical (unpaired) electrons. The number of nitrogens with one attached hydrogen (secondary N) is 1. The zero-order valence-electron chi connectivity index (χ0n) is 42.1. The Kier molecular flexibility index (Phi) is 13.4. The number of phenolic OH excluding ortho intramolecular Hbond substituents is 1. The Morgan fingerprint density at radius 3 is 2.21 bits per heavy atom. The molecule has 5 heterocycles. The van der Waals surface area contributed by atoms with Crippen LogP contribution in [0.1, 0.15) is 91.1 Å². The number of benzene rings is 5. The van der Waals surface area contributed by atoms with Gasteiger partial charge in [0.05, 0.1) is 30.8 Å². The van der Waals surface area contributed by atoms with Crippen LogP contribution in [-0.2, 0) is 40.6 Å². The van der Waals surface area contributed by atoms with Crippen molar-refractivity contribution in [2.75, 3.05) is 45.0 Å². The summed E-state index contributed by atoms with van der Waals surface area (Å²) in [7, 11) is 1.23. The summed E-state index contributed by atoms with van der Waals surface area (Å²) >= 11 is 0. The molecule has 11 rings (SSSR count). The molecule has 0 aromatic heterocycles. The molecule has 6 aliphatic rings. The SMILES string of the molecule is COC(=O)[C@@H](NC(=O)N1C(=O)[C@@]2(c3cc(C#CC4=CCCCC4)ccc31)[C@H](C(=O)N1CCN(Cc3ccc4c(c3)OCO4)CC1)[C@H]1C(=O)O[C@H](c3ccccc3)[C@H](c3ccccc3)N1[C@@H]2c1ccc(O)cc1)C(C)C. The van der Waals surface area contributed by atoms with E-state index < -0.39 is 77.3 Å². The second kappa shape index (κ2) is 20.4. The summed E-state index contributed by atoms with van der Waals surface area (Å²) in [6.45, 7) is 5.73. The highest BCUT2D eigenvalue weighted by molar-refractivity contribution is 6.25. The van der Waals surface area contributed by atoms with E-state index in [-0.39, 0.29) is 31.3 Å². The topological polar surface area (TPSA) is 167 Å². The molecule has 75 heavy (non-hydrogen) atoms. The molecule has 0 unspecified atom stereocenters. The number of imide groups is 1. The van der Waals surface area contributed by atoms with E-state index in [9.17, 15) is 9.90 Å². The smallest absolute Gasteiger partial charge is 0.329 e. The van der Waals surface area contributed by atoms with Gasteiger partial charge in [-0.15, -0.1) is 0 Å². The number of carbonyl (C=O) groups is 5. The van der Waals surface area contributed by atoms with E-state index in [0.29, 0.717) is 53.4 Å². The maximum Gasteiger partial charge on any atom is 0.329 e. The van der Waals surface area contributed by atoms with Gasteiger partial charge in [0.25, 0.3) is 0 Å². The Labute approximate surface area is 436 Å². The number of fused-ring (bicyclic) bond motifs is 4. The maximum atomic E-state index is 16.8. The second-order valence-electron chi connectivity index (χ2n) is 20.4. The standard InChI is InChI=1S/C60H59N5O10/c1-37(2)50(56(68)72-3)61-59(71)64-46-27-21-39(20-19-38-13-7-4-8-14-38)33-45(46)60(58(64)70)49(55(67)63-31-29-62(30-32-63)35-40-22-28-47-48(34-40)74-36-73-47)52-57(69)75-53(42-17-11-6-12-18-42)51(41-15-9-5-10-16-41)65(52)54(60)43-23-25-44(66)26-24-43/h5-6,9-13,15-18,21-28,33-34,37,49-54,66H,4,7-8,14,29-32,35-36H2,1-3H3,(H,61,71)/t49-,50-,51-,52-,53+,54+,60-/m0/s1. The van der Waals surface area contributed by atoms with Crippen LogP contribution >= 0.6 is 0 Å². The number of piperazine rings is 1. The van der Waals surface area contributed by atoms with Gasteiger partial charge in [0.2, 0.25) is 18.6 Å². The van der Waals surface area contributed by atoms with Gasteiger partial charge in [-0.3, -0.25) is 24.2 Å². The molecule has 3 saturated heterocycles. The lowest BCUT2D eigenvalue weighted by atomic mass is 9.64. The van der Waals surface area contributed by atoms with E-state index in [0.717, 1.165) is 47.3 Å². The fraction of sp³-hybridized carbons (Fsp3) is 0.350. The number of urea groups is 1. The molecular formula is C60H59N5O10. The van der Waals surface area contributed by atoms with Crippen LogP contribution in [0.15, 0.2) is 133 Å². The lowest BCUT2D eigenvalue weighted by Crippen LogP contribution is -2.59. The molecule has 1 aliphatic carbocycles. The number of hydrogen-bond donors (Lipinski definition) is 2. The zero-order valence-corrected chi connectivity index (χ0v) is 42.1. The number of morpholine rings is 1. The van der Waals surface area contributed by atoms with Crippen molar-refractivity contribution in [2.45, 2.75) is 81.8 Å². The van der Waals surface area contributed by atoms with Gasteiger partial charge in [-0.2, -0.15) is 0 Å². The third kappa shape index (κ3) is 8.85. The van der Waals surface area contributed by atoms with Crippen molar-refractivity contribution in [1.29, 1.82) is 0 Å². The minimum Gasteiger partial charge on any atom is -0.508 e. The summed E-state index contributed by atoms with van der Waals surface area (Å²) in [5, 5.41) is 13.7. The molecule has 3 fully saturated rings. The number of carbonyl (C=O) groups excluding carboxylic acids is 5. The number of anilines is 1. The summed E-state index contributed by atoms with van der Waals surface area (Å²) < 4.78 is 23.0. The number of methoxy groups -OCH3 is 1. The summed E-state index contributed by atoms with van der Waals surface area (Å²) in [6, 6.07) is 31.1. The highest BCUT2D eigenvalue weighted by Crippen LogP contribution is 2.66. The zero-order chi connectivity index (χ0) is 52.0. The molecule has 5 aromatic rings. The first-order chi connectivity index (χ1) is 36.5. The minimum atomic E-state index is -2.05. The Bertz CT molecular complexity index is 3130. The average Bonchev–Trinajstić information content (AvgIpc) is 4.21. The molecule has 0 saturated carbocycles. The van der Waals surface area contributed by atoms with Gasteiger partial charge >= 0.3 is 18.0 Å². The lowest BCUT2D eigenvalue weighted by molar-refractivity contribution is -0.179. The Hall–Kier alpha value is -7.93. The molecule has 15 heteroatoms. The first-order valence-corrected chi connectivity index (χ1v) is 25.8. The molecule has 0 bridgehead atoms. The molecule has 5 aromatic carbocycles. The van der Waals surface area contributed by atoms with Crippen LogP contribution in [0.4, 0.5) is 10.5 Å². The summed E-state index contributed by atoms with van der Waals surface area (Å²) in [5.74, 6) is 3.46. The van der Waals surface area contributed by atoms with E-state index in [4.69, 9.17) is 18.9 Å². The normalized spacial score (nSPS) is 24.4. The van der Waals surface area contributed by atoms with Crippen LogP contribution in [0.2, 0.25) is 0 Å². The Balaban J connectivity index is 1.12. The van der Waals surface area contributed by atoms with Gasteiger partial charge in [-0.1, -0.05) is 111 Å². The number of phenols is 1. The molecule has 7 atom stereocenters. The van der Waals surface area contributed by atoms with Crippen molar-refractivity contribution in [3.8, 4) is 29.1 Å². The highest BCUT2D eigenvalue weighted by atomic mass is 16.7. The van der Waals surface area contributed by atoms with E-state index >= 15 is 19.2 Å². The molecule has 2 N–H and O–H groups in total. The molecule has 5 aliphatic heterocycles. The molecule has 384 valence electrons. The van der Waals surface area contributed by atoms with Crippen LogP contribution < -0.4 is 19.7 Å². The van der Waals surface area contributed by atoms with Crippen LogP contribution in [0.3, 0.4) is 0 Å². The Morgan fingerprint density at radius 2 is 1.52 bits per heavy atom. The lowest BCUT2D eigenvalue weighted by Gasteiger charge is -2.46. The first-order valence-electron chi connectivity index (χ1n) is 25.8. The Morgan fingerprint density at radius 1 is 0.800 bits per heavy atom. The molecule has 15 nitrogen and oxygen atoms in total. The predicted octanol–water partition coefficient (Wildman–Crippen LogP) is 7.89. The van der Waals surface area contributed by atoms with E-state index in [1.807, 2.05) is 83.8 Å². The van der Waals surface area contributed by atoms with Gasteiger partial charge in [0.15, 0.2) is 11.5 Å². The second-order valence-corrected chi connectivity index (χ2v) is 20.4. The monoisotopic (exact) mass is 1010 g/mol. The van der Waals surface area contributed by atoms with Crippen LogP contribution in [0.25, 0.3) is 0 Å². The number of esters is 2. The minimum absolute atomic E-state index is 0.0373. The van der Waals surface area contributed by atoms with Crippen LogP contribution in [0.5, 0.6) is 17.2 Å². The van der Waals surface area contributed by atoms with E-state index in [2.05, 4.69) is 28.1 Å². The van der Waals surface area contributed by atoms with Crippen molar-refractivity contribution >= 4 is 35.5 Å². The summed E-state index contributed by atoms with van der Waals surface area (Å²) in [6.07, 6.45) is 5.07. The summed E-state index contributed by atoms with van der Waals surface area (Å²) in [4.78, 5) is 84.5. The third-order valence-electron chi connectivity index (χ3n) is 15.7. The number of aromatic hydroxyl groups is 1. The number of hydrogen-bond acceptors (Lipinski definition) is 12. The van der Waals surface area contributed by atoms with Gasteiger partial charge < -0.3 is 34.3 Å². The predicted molar refractivity (Wildman–Crippen MR) is 277 cm³/mol. The van der Waals surface area contributed by atoms with Gasteiger partial charge in [0.1, 0.15) is 29.4 Å². The van der Waals surface area contributed by atoms with Crippen molar-refractivity contribution in [1.82, 2.24) is 20.0 Å². The fourth-order valence-corrected chi connectivity index (χ4v) is 12.2. The van der Waals surface area contributed by atoms with Gasteiger partial charge in [-0.25, -0.2) is 14.5 Å². The van der Waals surface area contributed by atoms with Crippen LogP contribution in [0, 0.1) is 23.7 Å². The van der Waals surface area contributed by atoms with Gasteiger partial charge in [-0.05, 0) is 107 Å². The number of allylic oxidation sites excluding steroid dienone is 2. The fourth-order valence-electron chi connectivity index (χ4n) is 12.2. The van der Waals surface area contributed by atoms with Crippen molar-refractivity contribution in [2.24, 2.45) is 11.8 Å². The molecule has 1 spiro atoms. The van der Waals surface area contributed by atoms with Crippen LogP contribution in [-0.4, -0.2) is 102 Å². The van der Waals surface area contributed by atoms with E-state index in [1.165, 1.54) is 19.2 Å². The summed E-state index contributed by atoms with van der Waals surface area (Å²) in [5.41, 5.74) is 2.95. The average molecular weight is 1010 g/mol. The number of ether oxygens (including phenoxy) is 4. The molecular weight excluding hydrogens is 951 g/mol. The third-order valence-corrected chi connectivity index (χ3v) is 15.7. The number of amides is 4. The highest BCUT2D eigenvalue weighted by Gasteiger charge is 2.76. The quantitative estimate of drug-likeness (QED) is 0.108. The number of rotatable bonds is 9. The number of nitrogens with zero attached hydrogens (tertiary/aromatic N) is 4. The number of cyclic esters (lactones) is 1.